The second kappa shape index (κ2) is 6.10. The summed E-state index contributed by atoms with van der Waals surface area (Å²) < 4.78 is 6.80. The third-order valence-corrected chi connectivity index (χ3v) is 3.90. The van der Waals surface area contributed by atoms with Crippen LogP contribution >= 0.6 is 0 Å². The first-order chi connectivity index (χ1) is 10.3. The lowest BCUT2D eigenvalue weighted by Gasteiger charge is -2.22. The van der Waals surface area contributed by atoms with E-state index in [0.717, 1.165) is 37.1 Å². The predicted octanol–water partition coefficient (Wildman–Crippen LogP) is 2.26. The second-order valence-corrected chi connectivity index (χ2v) is 5.26. The Balaban J connectivity index is 1.84. The van der Waals surface area contributed by atoms with Gasteiger partial charge in [0, 0.05) is 11.8 Å². The highest BCUT2D eigenvalue weighted by Crippen LogP contribution is 2.24. The van der Waals surface area contributed by atoms with E-state index in [2.05, 4.69) is 16.6 Å². The number of methoxy groups -OCH3 is 1. The number of benzene rings is 1. The summed E-state index contributed by atoms with van der Waals surface area (Å²) in [6, 6.07) is 7.91. The third kappa shape index (κ3) is 2.97. The van der Waals surface area contributed by atoms with Crippen molar-refractivity contribution in [3.05, 3.63) is 42.2 Å². The molecule has 1 aromatic heterocycles. The molecule has 5 heteroatoms. The monoisotopic (exact) mass is 285 g/mol. The number of nitrogens with zero attached hydrogens (tertiary/aromatic N) is 2. The van der Waals surface area contributed by atoms with Gasteiger partial charge in [-0.3, -0.25) is 4.68 Å². The summed E-state index contributed by atoms with van der Waals surface area (Å²) in [5.41, 5.74) is 2.57. The van der Waals surface area contributed by atoms with Gasteiger partial charge in [0.2, 0.25) is 0 Å². The van der Waals surface area contributed by atoms with Gasteiger partial charge in [-0.1, -0.05) is 12.1 Å². The molecule has 0 radical (unpaired) electrons. The van der Waals surface area contributed by atoms with Crippen molar-refractivity contribution in [3.8, 4) is 11.1 Å². The molecular formula is C16H19N3O2. The van der Waals surface area contributed by atoms with Crippen molar-refractivity contribution in [2.45, 2.75) is 18.9 Å². The van der Waals surface area contributed by atoms with E-state index in [9.17, 15) is 4.79 Å². The minimum atomic E-state index is -0.317. The highest BCUT2D eigenvalue weighted by molar-refractivity contribution is 5.90. The minimum absolute atomic E-state index is 0.317. The van der Waals surface area contributed by atoms with Gasteiger partial charge in [-0.15, -0.1) is 0 Å². The molecule has 2 heterocycles. The summed E-state index contributed by atoms with van der Waals surface area (Å²) in [5, 5.41) is 7.84. The van der Waals surface area contributed by atoms with Crippen molar-refractivity contribution in [1.82, 2.24) is 15.1 Å². The molecule has 1 aliphatic heterocycles. The van der Waals surface area contributed by atoms with E-state index < -0.39 is 0 Å². The first kappa shape index (κ1) is 13.8. The molecular weight excluding hydrogens is 266 g/mol. The van der Waals surface area contributed by atoms with Gasteiger partial charge in [-0.25, -0.2) is 4.79 Å². The second-order valence-electron chi connectivity index (χ2n) is 5.26. The van der Waals surface area contributed by atoms with Gasteiger partial charge in [0.1, 0.15) is 0 Å². The largest absolute Gasteiger partial charge is 0.465 e. The Bertz CT molecular complexity index is 630. The van der Waals surface area contributed by atoms with E-state index in [1.54, 1.807) is 6.07 Å². The predicted molar refractivity (Wildman–Crippen MR) is 80.1 cm³/mol. The molecule has 5 nitrogen and oxygen atoms in total. The topological polar surface area (TPSA) is 56.1 Å². The Hall–Kier alpha value is -2.14. The van der Waals surface area contributed by atoms with Crippen LogP contribution in [0.25, 0.3) is 11.1 Å². The standard InChI is InChI=1S/C16H19N3O2/c1-21-16(20)13-4-2-3-12(9-13)14-10-18-19(11-14)15-5-7-17-8-6-15/h2-4,9-11,15,17H,5-8H2,1H3. The van der Waals surface area contributed by atoms with E-state index in [1.807, 2.05) is 29.1 Å². The minimum Gasteiger partial charge on any atom is -0.465 e. The molecule has 21 heavy (non-hydrogen) atoms. The molecule has 1 aliphatic rings. The van der Waals surface area contributed by atoms with Gasteiger partial charge < -0.3 is 10.1 Å². The van der Waals surface area contributed by atoms with Crippen LogP contribution < -0.4 is 5.32 Å². The smallest absolute Gasteiger partial charge is 0.337 e. The van der Waals surface area contributed by atoms with Crippen molar-refractivity contribution in [1.29, 1.82) is 0 Å². The molecule has 0 bridgehead atoms. The third-order valence-electron chi connectivity index (χ3n) is 3.90. The first-order valence-electron chi connectivity index (χ1n) is 7.21. The van der Waals surface area contributed by atoms with E-state index >= 15 is 0 Å². The van der Waals surface area contributed by atoms with Gasteiger partial charge in [-0.05, 0) is 43.6 Å². The number of nitrogens with one attached hydrogen (secondary N) is 1. The summed E-state index contributed by atoms with van der Waals surface area (Å²) in [6.45, 7) is 2.08. The lowest BCUT2D eigenvalue weighted by atomic mass is 10.1. The fourth-order valence-electron chi connectivity index (χ4n) is 2.70. The Morgan fingerprint density at radius 1 is 1.33 bits per heavy atom. The maximum absolute atomic E-state index is 11.6. The highest BCUT2D eigenvalue weighted by Gasteiger charge is 2.16. The normalized spacial score (nSPS) is 15.9. The molecule has 0 atom stereocenters. The molecule has 0 aliphatic carbocycles. The van der Waals surface area contributed by atoms with Crippen molar-refractivity contribution in [3.63, 3.8) is 0 Å². The van der Waals surface area contributed by atoms with E-state index in [4.69, 9.17) is 4.74 Å². The highest BCUT2D eigenvalue weighted by atomic mass is 16.5. The van der Waals surface area contributed by atoms with Crippen LogP contribution in [-0.4, -0.2) is 35.9 Å². The average molecular weight is 285 g/mol. The number of rotatable bonds is 3. The molecule has 0 unspecified atom stereocenters. The van der Waals surface area contributed by atoms with Crippen LogP contribution in [0.15, 0.2) is 36.7 Å². The SMILES string of the molecule is COC(=O)c1cccc(-c2cnn(C3CCNCC3)c2)c1. The Labute approximate surface area is 123 Å². The molecule has 0 amide bonds. The van der Waals surface area contributed by atoms with Gasteiger partial charge in [0.05, 0.1) is 24.9 Å². The van der Waals surface area contributed by atoms with Crippen LogP contribution in [-0.2, 0) is 4.74 Å². The summed E-state index contributed by atoms with van der Waals surface area (Å²) >= 11 is 0. The van der Waals surface area contributed by atoms with Crippen LogP contribution in [0.5, 0.6) is 0 Å². The summed E-state index contributed by atoms with van der Waals surface area (Å²) in [6.07, 6.45) is 6.12. The van der Waals surface area contributed by atoms with Gasteiger partial charge in [-0.2, -0.15) is 5.10 Å². The molecule has 2 aromatic rings. The number of ether oxygens (including phenoxy) is 1. The van der Waals surface area contributed by atoms with Crippen molar-refractivity contribution in [2.24, 2.45) is 0 Å². The molecule has 1 saturated heterocycles. The fraction of sp³-hybridized carbons (Fsp3) is 0.375. The van der Waals surface area contributed by atoms with E-state index in [-0.39, 0.29) is 5.97 Å². The molecule has 110 valence electrons. The van der Waals surface area contributed by atoms with Crippen molar-refractivity contribution < 1.29 is 9.53 Å². The van der Waals surface area contributed by atoms with Gasteiger partial charge in [0.25, 0.3) is 0 Å². The molecule has 3 rings (SSSR count). The zero-order valence-electron chi connectivity index (χ0n) is 12.1. The van der Waals surface area contributed by atoms with Crippen LogP contribution in [0.1, 0.15) is 29.2 Å². The zero-order chi connectivity index (χ0) is 14.7. The summed E-state index contributed by atoms with van der Waals surface area (Å²) in [7, 11) is 1.39. The van der Waals surface area contributed by atoms with Crippen LogP contribution in [0, 0.1) is 0 Å². The lowest BCUT2D eigenvalue weighted by Crippen LogP contribution is -2.29. The number of piperidine rings is 1. The number of hydrogen-bond donors (Lipinski definition) is 1. The molecule has 1 N–H and O–H groups in total. The number of esters is 1. The molecule has 1 fully saturated rings. The maximum Gasteiger partial charge on any atom is 0.337 e. The molecule has 1 aromatic carbocycles. The van der Waals surface area contributed by atoms with E-state index in [0.29, 0.717) is 11.6 Å². The zero-order valence-corrected chi connectivity index (χ0v) is 12.1. The number of carbonyl (C=O) groups excluding carboxylic acids is 1. The van der Waals surface area contributed by atoms with Crippen LogP contribution in [0.3, 0.4) is 0 Å². The summed E-state index contributed by atoms with van der Waals surface area (Å²) in [4.78, 5) is 11.6. The molecule has 0 saturated carbocycles. The lowest BCUT2D eigenvalue weighted by molar-refractivity contribution is 0.0601. The number of carbonyl (C=O) groups is 1. The van der Waals surface area contributed by atoms with Gasteiger partial charge in [0.15, 0.2) is 0 Å². The van der Waals surface area contributed by atoms with Crippen LogP contribution in [0.4, 0.5) is 0 Å². The quantitative estimate of drug-likeness (QED) is 0.879. The summed E-state index contributed by atoms with van der Waals surface area (Å²) in [5.74, 6) is -0.317. The number of aromatic nitrogens is 2. The first-order valence-corrected chi connectivity index (χ1v) is 7.21. The van der Waals surface area contributed by atoms with Gasteiger partial charge >= 0.3 is 5.97 Å². The number of hydrogen-bond acceptors (Lipinski definition) is 4. The van der Waals surface area contributed by atoms with E-state index in [1.165, 1.54) is 7.11 Å². The maximum atomic E-state index is 11.6. The van der Waals surface area contributed by atoms with Crippen molar-refractivity contribution >= 4 is 5.97 Å². The fourth-order valence-corrected chi connectivity index (χ4v) is 2.70. The average Bonchev–Trinajstić information content (AvgIpc) is 3.05. The Morgan fingerprint density at radius 2 is 2.14 bits per heavy atom. The molecule has 0 spiro atoms. The Kier molecular flexibility index (Phi) is 4.01. The van der Waals surface area contributed by atoms with Crippen molar-refractivity contribution in [2.75, 3.05) is 20.2 Å². The Morgan fingerprint density at radius 3 is 2.90 bits per heavy atom. The van der Waals surface area contributed by atoms with Crippen LogP contribution in [0.2, 0.25) is 0 Å².